The zero-order valence-corrected chi connectivity index (χ0v) is 29.7. The molecule has 0 bridgehead atoms. The number of phenolic OH excluding ortho intramolecular Hbond substituents is 1. The molecule has 1 aliphatic rings. The van der Waals surface area contributed by atoms with Crippen LogP contribution in [0.25, 0.3) is 11.1 Å². The molecule has 10 nitrogen and oxygen atoms in total. The maximum absolute atomic E-state index is 13.0. The predicted octanol–water partition coefficient (Wildman–Crippen LogP) is 9.70. The van der Waals surface area contributed by atoms with Gasteiger partial charge in [-0.1, -0.05) is 60.7 Å². The molecule has 0 aromatic heterocycles. The smallest absolute Gasteiger partial charge is 0.504 e. The summed E-state index contributed by atoms with van der Waals surface area (Å²) in [5, 5.41) is 11.3. The minimum atomic E-state index is -1.11. The Morgan fingerprint density at radius 3 is 1.32 bits per heavy atom. The highest BCUT2D eigenvalue weighted by Gasteiger charge is 2.47. The van der Waals surface area contributed by atoms with Gasteiger partial charge >= 0.3 is 18.5 Å². The van der Waals surface area contributed by atoms with Crippen LogP contribution in [0.4, 0.5) is 14.4 Å². The minimum absolute atomic E-state index is 0.0764. The number of rotatable bonds is 5. The van der Waals surface area contributed by atoms with E-state index in [0.717, 1.165) is 22.3 Å². The molecular weight excluding hydrogens is 640 g/mol. The summed E-state index contributed by atoms with van der Waals surface area (Å²) in [7, 11) is 0. The Morgan fingerprint density at radius 2 is 0.880 bits per heavy atom. The van der Waals surface area contributed by atoms with E-state index in [1.165, 1.54) is 18.2 Å². The summed E-state index contributed by atoms with van der Waals surface area (Å²) in [4.78, 5) is 38.3. The van der Waals surface area contributed by atoms with Gasteiger partial charge in [0.2, 0.25) is 0 Å². The first-order valence-corrected chi connectivity index (χ1v) is 16.2. The van der Waals surface area contributed by atoms with Crippen molar-refractivity contribution in [3.63, 3.8) is 0 Å². The fourth-order valence-electron chi connectivity index (χ4n) is 5.85. The van der Waals surface area contributed by atoms with Gasteiger partial charge in [0.25, 0.3) is 0 Å². The number of ether oxygens (including phenoxy) is 6. The van der Waals surface area contributed by atoms with E-state index in [0.29, 0.717) is 11.1 Å². The molecule has 0 saturated heterocycles. The van der Waals surface area contributed by atoms with Gasteiger partial charge in [0, 0.05) is 0 Å². The number of phenols is 1. The lowest BCUT2D eigenvalue weighted by Crippen LogP contribution is -2.30. The SMILES string of the molecule is CC(C)(C)OC(=O)Oc1ccc(C2(c3ccc(OC(=O)OC(C)(C)C)c(OC(=O)OC(C)(C)C)c3)c3ccccc3-c3ccccc32)cc1O. The van der Waals surface area contributed by atoms with Crippen LogP contribution >= 0.6 is 0 Å². The van der Waals surface area contributed by atoms with Crippen LogP contribution in [0, 0.1) is 0 Å². The number of carbonyl (C=O) groups is 3. The quantitative estimate of drug-likeness (QED) is 0.109. The zero-order valence-electron chi connectivity index (χ0n) is 29.7. The van der Waals surface area contributed by atoms with E-state index in [4.69, 9.17) is 28.4 Å². The van der Waals surface area contributed by atoms with Crippen LogP contribution in [0.1, 0.15) is 84.6 Å². The van der Waals surface area contributed by atoms with E-state index in [2.05, 4.69) is 0 Å². The standard InChI is InChI=1S/C40H42O10/c1-37(2,3)48-34(42)45-31-20-18-24(22-30(31)41)40(28-16-12-10-14-26(28)27-15-11-13-17-29(27)40)25-19-21-32(46-35(43)49-38(4,5)6)33(23-25)47-36(44)50-39(7,8)9/h10-23,41H,1-9H3. The molecule has 0 radical (unpaired) electrons. The van der Waals surface area contributed by atoms with E-state index in [-0.39, 0.29) is 23.0 Å². The van der Waals surface area contributed by atoms with Gasteiger partial charge in [-0.25, -0.2) is 14.4 Å². The lowest BCUT2D eigenvalue weighted by atomic mass is 9.67. The van der Waals surface area contributed by atoms with E-state index in [1.54, 1.807) is 80.5 Å². The molecule has 0 spiro atoms. The Kier molecular flexibility index (Phi) is 9.36. The largest absolute Gasteiger partial charge is 0.514 e. The molecule has 0 aliphatic heterocycles. The van der Waals surface area contributed by atoms with Gasteiger partial charge in [-0.2, -0.15) is 0 Å². The highest BCUT2D eigenvalue weighted by Crippen LogP contribution is 2.57. The Bertz CT molecular complexity index is 1890. The van der Waals surface area contributed by atoms with Crippen LogP contribution in [0.15, 0.2) is 84.9 Å². The molecule has 0 saturated carbocycles. The van der Waals surface area contributed by atoms with Crippen molar-refractivity contribution in [1.82, 2.24) is 0 Å². The van der Waals surface area contributed by atoms with Crippen molar-refractivity contribution in [1.29, 1.82) is 0 Å². The van der Waals surface area contributed by atoms with Crippen LogP contribution in [0.5, 0.6) is 23.0 Å². The van der Waals surface area contributed by atoms with Crippen LogP contribution < -0.4 is 14.2 Å². The van der Waals surface area contributed by atoms with Gasteiger partial charge in [0.1, 0.15) is 16.8 Å². The fraction of sp³-hybridized carbons (Fsp3) is 0.325. The van der Waals surface area contributed by atoms with Crippen LogP contribution in [0.2, 0.25) is 0 Å². The molecule has 4 aromatic carbocycles. The Hall–Kier alpha value is -5.51. The third-order valence-electron chi connectivity index (χ3n) is 7.47. The van der Waals surface area contributed by atoms with E-state index >= 15 is 0 Å². The monoisotopic (exact) mass is 682 g/mol. The van der Waals surface area contributed by atoms with Gasteiger partial charge < -0.3 is 33.5 Å². The molecule has 0 amide bonds. The molecule has 1 aliphatic carbocycles. The Balaban J connectivity index is 1.72. The van der Waals surface area contributed by atoms with Crippen molar-refractivity contribution in [2.24, 2.45) is 0 Å². The predicted molar refractivity (Wildman–Crippen MR) is 186 cm³/mol. The van der Waals surface area contributed by atoms with Gasteiger partial charge in [0.05, 0.1) is 5.41 Å². The summed E-state index contributed by atoms with van der Waals surface area (Å²) in [6, 6.07) is 25.3. The first-order chi connectivity index (χ1) is 23.3. The Morgan fingerprint density at radius 1 is 0.500 bits per heavy atom. The Labute approximate surface area is 291 Å². The molecule has 0 atom stereocenters. The summed E-state index contributed by atoms with van der Waals surface area (Å²) in [6.07, 6.45) is -2.96. The first kappa shape index (κ1) is 35.8. The van der Waals surface area contributed by atoms with Crippen LogP contribution in [-0.2, 0) is 19.6 Å². The summed E-state index contributed by atoms with van der Waals surface area (Å²) < 4.78 is 32.7. The van der Waals surface area contributed by atoms with E-state index < -0.39 is 40.7 Å². The maximum Gasteiger partial charge on any atom is 0.514 e. The lowest BCUT2D eigenvalue weighted by Gasteiger charge is -2.34. The molecule has 50 heavy (non-hydrogen) atoms. The minimum Gasteiger partial charge on any atom is -0.504 e. The molecule has 0 unspecified atom stereocenters. The van der Waals surface area contributed by atoms with Gasteiger partial charge in [-0.15, -0.1) is 0 Å². The number of aromatic hydroxyl groups is 1. The molecule has 262 valence electrons. The van der Waals surface area contributed by atoms with Gasteiger partial charge in [-0.3, -0.25) is 0 Å². The van der Waals surface area contributed by atoms with E-state index in [1.807, 2.05) is 48.5 Å². The fourth-order valence-corrected chi connectivity index (χ4v) is 5.85. The van der Waals surface area contributed by atoms with Gasteiger partial charge in [-0.05, 0) is 120 Å². The zero-order chi connectivity index (χ0) is 36.6. The molecule has 4 aromatic rings. The van der Waals surface area contributed by atoms with Crippen LogP contribution in [0.3, 0.4) is 0 Å². The summed E-state index contributed by atoms with van der Waals surface area (Å²) in [6.45, 7) is 15.3. The number of hydrogen-bond acceptors (Lipinski definition) is 10. The molecule has 10 heteroatoms. The van der Waals surface area contributed by atoms with Crippen molar-refractivity contribution in [2.75, 3.05) is 0 Å². The number of hydrogen-bond donors (Lipinski definition) is 1. The topological polar surface area (TPSA) is 127 Å². The number of carbonyl (C=O) groups excluding carboxylic acids is 3. The molecule has 1 N–H and O–H groups in total. The van der Waals surface area contributed by atoms with Crippen molar-refractivity contribution >= 4 is 18.5 Å². The summed E-state index contributed by atoms with van der Waals surface area (Å²) >= 11 is 0. The second-order valence-corrected chi connectivity index (χ2v) is 14.9. The third-order valence-corrected chi connectivity index (χ3v) is 7.47. The highest BCUT2D eigenvalue weighted by molar-refractivity contribution is 5.87. The molecule has 0 heterocycles. The van der Waals surface area contributed by atoms with Crippen molar-refractivity contribution in [2.45, 2.75) is 84.5 Å². The number of benzene rings is 4. The lowest BCUT2D eigenvalue weighted by molar-refractivity contribution is 0.0137. The first-order valence-electron chi connectivity index (χ1n) is 16.2. The van der Waals surface area contributed by atoms with Crippen LogP contribution in [-0.4, -0.2) is 40.4 Å². The third kappa shape index (κ3) is 7.70. The summed E-state index contributed by atoms with van der Waals surface area (Å²) in [5.74, 6) is -0.567. The number of fused-ring (bicyclic) bond motifs is 3. The summed E-state index contributed by atoms with van der Waals surface area (Å²) in [5.41, 5.74) is 1.21. The van der Waals surface area contributed by atoms with E-state index in [9.17, 15) is 19.5 Å². The molecule has 0 fully saturated rings. The normalized spacial score (nSPS) is 13.4. The highest BCUT2D eigenvalue weighted by atomic mass is 16.8. The van der Waals surface area contributed by atoms with Crippen molar-refractivity contribution < 1.29 is 47.9 Å². The molecule has 5 rings (SSSR count). The van der Waals surface area contributed by atoms with Crippen molar-refractivity contribution in [3.8, 4) is 34.1 Å². The second-order valence-electron chi connectivity index (χ2n) is 14.9. The molecular formula is C40H42O10. The average Bonchev–Trinajstić information content (AvgIpc) is 3.27. The van der Waals surface area contributed by atoms with Gasteiger partial charge in [0.15, 0.2) is 23.0 Å². The average molecular weight is 683 g/mol. The maximum atomic E-state index is 13.0. The second kappa shape index (κ2) is 13.1. The van der Waals surface area contributed by atoms with Crippen molar-refractivity contribution in [3.05, 3.63) is 107 Å².